The Hall–Kier alpha value is -3.73. The van der Waals surface area contributed by atoms with Gasteiger partial charge >= 0.3 is 0 Å². The zero-order chi connectivity index (χ0) is 19.3. The summed E-state index contributed by atoms with van der Waals surface area (Å²) < 4.78 is 1.93. The summed E-state index contributed by atoms with van der Waals surface area (Å²) in [4.78, 5) is 16.3. The van der Waals surface area contributed by atoms with E-state index < -0.39 is 0 Å². The first-order valence-corrected chi connectivity index (χ1v) is 9.08. The molecule has 1 N–H and O–H groups in total. The lowest BCUT2D eigenvalue weighted by molar-refractivity contribution is -0.120. The minimum absolute atomic E-state index is 0.135. The number of carbonyl (C=O) groups excluding carboxylic acids is 1. The van der Waals surface area contributed by atoms with Crippen LogP contribution >= 0.6 is 0 Å². The van der Waals surface area contributed by atoms with Gasteiger partial charge in [0.2, 0.25) is 5.91 Å². The number of imidazole rings is 1. The predicted molar refractivity (Wildman–Crippen MR) is 112 cm³/mol. The highest BCUT2D eigenvalue weighted by molar-refractivity contribution is 5.99. The molecular formula is C23H20N4O. The number of nitrogens with zero attached hydrogens (tertiary/aromatic N) is 3. The fourth-order valence-electron chi connectivity index (χ4n) is 3.07. The minimum Gasteiger partial charge on any atom is -0.306 e. The first-order chi connectivity index (χ1) is 13.7. The van der Waals surface area contributed by atoms with Crippen LogP contribution in [-0.2, 0) is 11.2 Å². The Balaban J connectivity index is 1.40. The monoisotopic (exact) mass is 368 g/mol. The summed E-state index contributed by atoms with van der Waals surface area (Å²) in [5, 5.41) is 6.54. The van der Waals surface area contributed by atoms with Crippen molar-refractivity contribution in [3.8, 4) is 5.69 Å². The second kappa shape index (κ2) is 7.88. The van der Waals surface area contributed by atoms with E-state index in [-0.39, 0.29) is 5.91 Å². The number of benzene rings is 3. The van der Waals surface area contributed by atoms with Crippen LogP contribution in [0.4, 0.5) is 0 Å². The molecule has 0 radical (unpaired) electrons. The highest BCUT2D eigenvalue weighted by atomic mass is 16.2. The Morgan fingerprint density at radius 2 is 1.82 bits per heavy atom. The van der Waals surface area contributed by atoms with E-state index in [0.717, 1.165) is 27.9 Å². The lowest BCUT2D eigenvalue weighted by Gasteiger charge is -2.06. The van der Waals surface area contributed by atoms with Gasteiger partial charge in [-0.3, -0.25) is 4.79 Å². The number of aromatic nitrogens is 2. The van der Waals surface area contributed by atoms with E-state index in [1.54, 1.807) is 12.5 Å². The van der Waals surface area contributed by atoms with Crippen molar-refractivity contribution >= 4 is 22.4 Å². The van der Waals surface area contributed by atoms with Crippen LogP contribution in [0.5, 0.6) is 0 Å². The second-order valence-electron chi connectivity index (χ2n) is 6.61. The van der Waals surface area contributed by atoms with Gasteiger partial charge in [-0.2, -0.15) is 5.10 Å². The topological polar surface area (TPSA) is 59.3 Å². The van der Waals surface area contributed by atoms with Crippen LogP contribution in [0.1, 0.15) is 18.1 Å². The van der Waals surface area contributed by atoms with Crippen molar-refractivity contribution < 1.29 is 4.79 Å². The Kier molecular flexibility index (Phi) is 4.97. The van der Waals surface area contributed by atoms with E-state index >= 15 is 0 Å². The molecule has 138 valence electrons. The van der Waals surface area contributed by atoms with Crippen LogP contribution in [0.3, 0.4) is 0 Å². The molecule has 5 heteroatoms. The molecule has 0 aliphatic rings. The van der Waals surface area contributed by atoms with Gasteiger partial charge in [0.05, 0.1) is 18.5 Å². The molecule has 0 aliphatic carbocycles. The molecule has 0 bridgehead atoms. The molecule has 0 spiro atoms. The molecule has 4 rings (SSSR count). The molecule has 28 heavy (non-hydrogen) atoms. The Labute approximate surface area is 163 Å². The molecule has 4 aromatic rings. The lowest BCUT2D eigenvalue weighted by Crippen LogP contribution is -2.21. The van der Waals surface area contributed by atoms with Crippen molar-refractivity contribution in [3.63, 3.8) is 0 Å². The maximum absolute atomic E-state index is 12.3. The fourth-order valence-corrected chi connectivity index (χ4v) is 3.07. The van der Waals surface area contributed by atoms with Crippen molar-refractivity contribution in [3.05, 3.63) is 96.6 Å². The Morgan fingerprint density at radius 1 is 1.04 bits per heavy atom. The number of hydrazone groups is 1. The average molecular weight is 368 g/mol. The van der Waals surface area contributed by atoms with Crippen LogP contribution < -0.4 is 5.43 Å². The number of amides is 1. The first-order valence-electron chi connectivity index (χ1n) is 9.08. The first kappa shape index (κ1) is 17.7. The number of hydrogen-bond donors (Lipinski definition) is 1. The van der Waals surface area contributed by atoms with Gasteiger partial charge in [0, 0.05) is 18.1 Å². The predicted octanol–water partition coefficient (Wildman–Crippen LogP) is 4.11. The number of hydrogen-bond acceptors (Lipinski definition) is 3. The summed E-state index contributed by atoms with van der Waals surface area (Å²) in [5.41, 5.74) is 6.35. The van der Waals surface area contributed by atoms with E-state index in [0.29, 0.717) is 6.42 Å². The van der Waals surface area contributed by atoms with Gasteiger partial charge in [0.25, 0.3) is 0 Å². The lowest BCUT2D eigenvalue weighted by atomic mass is 10.1. The third kappa shape index (κ3) is 3.99. The third-order valence-electron chi connectivity index (χ3n) is 4.61. The van der Waals surface area contributed by atoms with Gasteiger partial charge in [0.1, 0.15) is 0 Å². The van der Waals surface area contributed by atoms with E-state index in [1.807, 2.05) is 78.4 Å². The molecule has 1 aromatic heterocycles. The SMILES string of the molecule is CC(=NNC(=O)Cc1ccc2ccccc2c1)c1ccc(-n2ccnc2)cc1. The zero-order valence-electron chi connectivity index (χ0n) is 15.5. The maximum Gasteiger partial charge on any atom is 0.244 e. The molecule has 1 heterocycles. The standard InChI is InChI=1S/C23H20N4O/c1-17(19-8-10-22(11-9-19)27-13-12-24-16-27)25-26-23(28)15-18-6-7-20-4-2-3-5-21(20)14-18/h2-14,16H,15H2,1H3,(H,26,28). The van der Waals surface area contributed by atoms with Gasteiger partial charge in [-0.05, 0) is 41.0 Å². The summed E-state index contributed by atoms with van der Waals surface area (Å²) in [6.45, 7) is 1.88. The molecule has 1 amide bonds. The molecule has 0 saturated heterocycles. The Bertz CT molecular complexity index is 1130. The zero-order valence-corrected chi connectivity index (χ0v) is 15.5. The van der Waals surface area contributed by atoms with Crippen LogP contribution in [0, 0.1) is 0 Å². The summed E-state index contributed by atoms with van der Waals surface area (Å²) in [6.07, 6.45) is 5.68. The van der Waals surface area contributed by atoms with Crippen LogP contribution in [-0.4, -0.2) is 21.2 Å². The van der Waals surface area contributed by atoms with Gasteiger partial charge in [-0.25, -0.2) is 10.4 Å². The quantitative estimate of drug-likeness (QED) is 0.426. The van der Waals surface area contributed by atoms with E-state index in [9.17, 15) is 4.79 Å². The van der Waals surface area contributed by atoms with Crippen LogP contribution in [0.2, 0.25) is 0 Å². The van der Waals surface area contributed by atoms with Gasteiger partial charge in [-0.15, -0.1) is 0 Å². The van der Waals surface area contributed by atoms with Crippen molar-refractivity contribution in [2.75, 3.05) is 0 Å². The Morgan fingerprint density at radius 3 is 2.57 bits per heavy atom. The average Bonchev–Trinajstić information content (AvgIpc) is 3.27. The van der Waals surface area contributed by atoms with E-state index in [2.05, 4.69) is 21.6 Å². The molecule has 0 saturated carbocycles. The van der Waals surface area contributed by atoms with Crippen molar-refractivity contribution in [1.29, 1.82) is 0 Å². The van der Waals surface area contributed by atoms with E-state index in [1.165, 1.54) is 5.39 Å². The van der Waals surface area contributed by atoms with Gasteiger partial charge in [0.15, 0.2) is 0 Å². The number of fused-ring (bicyclic) bond motifs is 1. The largest absolute Gasteiger partial charge is 0.306 e. The normalized spacial score (nSPS) is 11.5. The minimum atomic E-state index is -0.135. The summed E-state index contributed by atoms with van der Waals surface area (Å²) in [5.74, 6) is -0.135. The maximum atomic E-state index is 12.3. The summed E-state index contributed by atoms with van der Waals surface area (Å²) >= 11 is 0. The molecular weight excluding hydrogens is 348 g/mol. The molecule has 5 nitrogen and oxygen atoms in total. The summed E-state index contributed by atoms with van der Waals surface area (Å²) in [7, 11) is 0. The highest BCUT2D eigenvalue weighted by Crippen LogP contribution is 2.16. The molecule has 0 aliphatic heterocycles. The van der Waals surface area contributed by atoms with Gasteiger partial charge < -0.3 is 4.57 Å². The molecule has 3 aromatic carbocycles. The smallest absolute Gasteiger partial charge is 0.244 e. The van der Waals surface area contributed by atoms with Crippen LogP contribution in [0.25, 0.3) is 16.5 Å². The summed E-state index contributed by atoms with van der Waals surface area (Å²) in [6, 6.07) is 22.1. The number of carbonyl (C=O) groups is 1. The number of rotatable bonds is 5. The molecule has 0 unspecified atom stereocenters. The van der Waals surface area contributed by atoms with Crippen molar-refractivity contribution in [1.82, 2.24) is 15.0 Å². The van der Waals surface area contributed by atoms with Crippen molar-refractivity contribution in [2.45, 2.75) is 13.3 Å². The van der Waals surface area contributed by atoms with Crippen LogP contribution in [0.15, 0.2) is 90.6 Å². The highest BCUT2D eigenvalue weighted by Gasteiger charge is 2.05. The fraction of sp³-hybridized carbons (Fsp3) is 0.0870. The molecule has 0 fully saturated rings. The molecule has 0 atom stereocenters. The van der Waals surface area contributed by atoms with Gasteiger partial charge in [-0.1, -0.05) is 54.6 Å². The second-order valence-corrected chi connectivity index (χ2v) is 6.61. The third-order valence-corrected chi connectivity index (χ3v) is 4.61. The van der Waals surface area contributed by atoms with E-state index in [4.69, 9.17) is 0 Å². The number of nitrogens with one attached hydrogen (secondary N) is 1. The van der Waals surface area contributed by atoms with Crippen molar-refractivity contribution in [2.24, 2.45) is 5.10 Å².